The molecule has 2 aromatic rings. The summed E-state index contributed by atoms with van der Waals surface area (Å²) >= 11 is 12.0. The molecule has 1 aromatic carbocycles. The Balaban J connectivity index is 2.24. The molecule has 0 spiro atoms. The molecule has 0 unspecified atom stereocenters. The van der Waals surface area contributed by atoms with Gasteiger partial charge in [0.25, 0.3) is 5.91 Å². The van der Waals surface area contributed by atoms with E-state index in [9.17, 15) is 4.79 Å². The van der Waals surface area contributed by atoms with Crippen molar-refractivity contribution < 1.29 is 4.79 Å². The lowest BCUT2D eigenvalue weighted by Crippen LogP contribution is -2.13. The van der Waals surface area contributed by atoms with Gasteiger partial charge in [0.2, 0.25) is 0 Å². The molecule has 18 heavy (non-hydrogen) atoms. The number of nitrogens with zero attached hydrogens (tertiary/aromatic N) is 1. The van der Waals surface area contributed by atoms with Crippen molar-refractivity contribution in [1.82, 2.24) is 4.98 Å². The third-order valence-corrected chi connectivity index (χ3v) is 3.03. The van der Waals surface area contributed by atoms with Gasteiger partial charge < -0.3 is 5.32 Å². The highest BCUT2D eigenvalue weighted by Gasteiger charge is 2.11. The number of carbonyl (C=O) groups excluding carboxylic acids is 1. The molecule has 5 heteroatoms. The smallest absolute Gasteiger partial charge is 0.258 e. The Kier molecular flexibility index (Phi) is 3.84. The molecule has 0 aliphatic rings. The standard InChI is InChI=1S/C13H10Cl2N2O/c1-8-2-3-12(11(15)6-8)17-13(18)9-7-16-5-4-10(9)14/h2-7H,1H3,(H,17,18). The second-order valence-electron chi connectivity index (χ2n) is 3.79. The lowest BCUT2D eigenvalue weighted by Gasteiger charge is -2.08. The van der Waals surface area contributed by atoms with Gasteiger partial charge in [0.05, 0.1) is 21.3 Å². The SMILES string of the molecule is Cc1ccc(NC(=O)c2cnccc2Cl)c(Cl)c1. The Bertz CT molecular complexity index is 599. The predicted octanol–water partition coefficient (Wildman–Crippen LogP) is 3.95. The van der Waals surface area contributed by atoms with Crippen LogP contribution in [0.15, 0.2) is 36.7 Å². The average molecular weight is 281 g/mol. The van der Waals surface area contributed by atoms with Crippen LogP contribution in [-0.4, -0.2) is 10.9 Å². The van der Waals surface area contributed by atoms with Crippen molar-refractivity contribution in [2.45, 2.75) is 6.92 Å². The first-order valence-corrected chi connectivity index (χ1v) is 6.00. The molecule has 0 atom stereocenters. The molecule has 0 bridgehead atoms. The van der Waals surface area contributed by atoms with Crippen LogP contribution < -0.4 is 5.32 Å². The van der Waals surface area contributed by atoms with Crippen molar-refractivity contribution in [1.29, 1.82) is 0 Å². The summed E-state index contributed by atoms with van der Waals surface area (Å²) in [5, 5.41) is 3.54. The largest absolute Gasteiger partial charge is 0.321 e. The third kappa shape index (κ3) is 2.81. The van der Waals surface area contributed by atoms with Crippen molar-refractivity contribution in [3.8, 4) is 0 Å². The second kappa shape index (κ2) is 5.38. The van der Waals surface area contributed by atoms with Crippen molar-refractivity contribution in [2.75, 3.05) is 5.32 Å². The van der Waals surface area contributed by atoms with Crippen LogP contribution in [0, 0.1) is 6.92 Å². The Morgan fingerprint density at radius 2 is 2.00 bits per heavy atom. The van der Waals surface area contributed by atoms with E-state index >= 15 is 0 Å². The number of halogens is 2. The molecule has 0 aliphatic carbocycles. The summed E-state index contributed by atoms with van der Waals surface area (Å²) in [6.07, 6.45) is 2.94. The van der Waals surface area contributed by atoms with Crippen LogP contribution in [0.5, 0.6) is 0 Å². The number of amides is 1. The van der Waals surface area contributed by atoms with Gasteiger partial charge in [-0.05, 0) is 30.7 Å². The third-order valence-electron chi connectivity index (χ3n) is 2.39. The molecule has 0 saturated heterocycles. The molecule has 1 amide bonds. The van der Waals surface area contributed by atoms with Crippen molar-refractivity contribution >= 4 is 34.8 Å². The van der Waals surface area contributed by atoms with Crippen LogP contribution in [0.3, 0.4) is 0 Å². The highest BCUT2D eigenvalue weighted by atomic mass is 35.5. The summed E-state index contributed by atoms with van der Waals surface area (Å²) in [5.74, 6) is -0.334. The molecule has 1 heterocycles. The topological polar surface area (TPSA) is 42.0 Å². The summed E-state index contributed by atoms with van der Waals surface area (Å²) in [6.45, 7) is 1.93. The number of hydrogen-bond donors (Lipinski definition) is 1. The van der Waals surface area contributed by atoms with E-state index in [1.807, 2.05) is 13.0 Å². The van der Waals surface area contributed by atoms with Gasteiger partial charge in [0.15, 0.2) is 0 Å². The van der Waals surface area contributed by atoms with Gasteiger partial charge in [-0.1, -0.05) is 29.3 Å². The van der Waals surface area contributed by atoms with E-state index in [-0.39, 0.29) is 5.91 Å². The highest BCUT2D eigenvalue weighted by Crippen LogP contribution is 2.24. The van der Waals surface area contributed by atoms with Crippen LogP contribution in [0.2, 0.25) is 10.0 Å². The zero-order valence-electron chi connectivity index (χ0n) is 9.58. The number of benzene rings is 1. The van der Waals surface area contributed by atoms with Crippen LogP contribution in [-0.2, 0) is 0 Å². The molecular formula is C13H10Cl2N2O. The fraction of sp³-hybridized carbons (Fsp3) is 0.0769. The van der Waals surface area contributed by atoms with E-state index in [1.54, 1.807) is 18.2 Å². The monoisotopic (exact) mass is 280 g/mol. The van der Waals surface area contributed by atoms with Gasteiger partial charge in [-0.3, -0.25) is 9.78 Å². The molecule has 3 nitrogen and oxygen atoms in total. The lowest BCUT2D eigenvalue weighted by atomic mass is 10.2. The minimum absolute atomic E-state index is 0.316. The number of aryl methyl sites for hydroxylation is 1. The van der Waals surface area contributed by atoms with Gasteiger partial charge in [-0.2, -0.15) is 0 Å². The Labute approximate surface area is 115 Å². The Morgan fingerprint density at radius 3 is 2.67 bits per heavy atom. The first-order chi connectivity index (χ1) is 8.58. The Hall–Kier alpha value is -1.58. The van der Waals surface area contributed by atoms with Crippen LogP contribution in [0.25, 0.3) is 0 Å². The maximum Gasteiger partial charge on any atom is 0.258 e. The molecule has 1 aromatic heterocycles. The summed E-state index contributed by atoms with van der Waals surface area (Å²) in [4.78, 5) is 15.8. The number of aromatic nitrogens is 1. The predicted molar refractivity (Wildman–Crippen MR) is 73.4 cm³/mol. The number of rotatable bonds is 2. The zero-order chi connectivity index (χ0) is 13.1. The van der Waals surface area contributed by atoms with E-state index in [1.165, 1.54) is 12.4 Å². The molecule has 0 radical (unpaired) electrons. The maximum atomic E-state index is 12.0. The highest BCUT2D eigenvalue weighted by molar-refractivity contribution is 6.35. The van der Waals surface area contributed by atoms with Crippen molar-refractivity contribution in [2.24, 2.45) is 0 Å². The number of hydrogen-bond acceptors (Lipinski definition) is 2. The quantitative estimate of drug-likeness (QED) is 0.905. The normalized spacial score (nSPS) is 10.2. The summed E-state index contributed by atoms with van der Waals surface area (Å²) < 4.78 is 0. The lowest BCUT2D eigenvalue weighted by molar-refractivity contribution is 0.102. The van der Waals surface area contributed by atoms with Gasteiger partial charge >= 0.3 is 0 Å². The molecular weight excluding hydrogens is 271 g/mol. The van der Waals surface area contributed by atoms with Crippen LogP contribution >= 0.6 is 23.2 Å². The van der Waals surface area contributed by atoms with E-state index in [0.717, 1.165) is 5.56 Å². The zero-order valence-corrected chi connectivity index (χ0v) is 11.1. The van der Waals surface area contributed by atoms with Gasteiger partial charge in [0.1, 0.15) is 0 Å². The molecule has 2 rings (SSSR count). The minimum Gasteiger partial charge on any atom is -0.321 e. The number of carbonyl (C=O) groups is 1. The fourth-order valence-electron chi connectivity index (χ4n) is 1.46. The van der Waals surface area contributed by atoms with Crippen LogP contribution in [0.1, 0.15) is 15.9 Å². The number of pyridine rings is 1. The molecule has 92 valence electrons. The minimum atomic E-state index is -0.334. The van der Waals surface area contributed by atoms with E-state index in [0.29, 0.717) is 21.3 Å². The number of nitrogens with one attached hydrogen (secondary N) is 1. The fourth-order valence-corrected chi connectivity index (χ4v) is 1.93. The molecule has 0 saturated carbocycles. The van der Waals surface area contributed by atoms with Gasteiger partial charge in [-0.15, -0.1) is 0 Å². The van der Waals surface area contributed by atoms with Crippen LogP contribution in [0.4, 0.5) is 5.69 Å². The Morgan fingerprint density at radius 1 is 1.22 bits per heavy atom. The van der Waals surface area contributed by atoms with Crippen molar-refractivity contribution in [3.05, 3.63) is 57.8 Å². The first-order valence-electron chi connectivity index (χ1n) is 5.25. The van der Waals surface area contributed by atoms with Gasteiger partial charge in [0, 0.05) is 12.4 Å². The second-order valence-corrected chi connectivity index (χ2v) is 4.61. The summed E-state index contributed by atoms with van der Waals surface area (Å²) in [5.41, 5.74) is 1.89. The van der Waals surface area contributed by atoms with Gasteiger partial charge in [-0.25, -0.2) is 0 Å². The summed E-state index contributed by atoms with van der Waals surface area (Å²) in [6, 6.07) is 6.96. The molecule has 1 N–H and O–H groups in total. The number of anilines is 1. The van der Waals surface area contributed by atoms with E-state index in [2.05, 4.69) is 10.3 Å². The molecule has 0 fully saturated rings. The molecule has 0 aliphatic heterocycles. The van der Waals surface area contributed by atoms with E-state index in [4.69, 9.17) is 23.2 Å². The van der Waals surface area contributed by atoms with E-state index < -0.39 is 0 Å². The average Bonchev–Trinajstić information content (AvgIpc) is 2.33. The first kappa shape index (κ1) is 12.9. The van der Waals surface area contributed by atoms with Crippen molar-refractivity contribution in [3.63, 3.8) is 0 Å². The summed E-state index contributed by atoms with van der Waals surface area (Å²) in [7, 11) is 0. The maximum absolute atomic E-state index is 12.0.